The third kappa shape index (κ3) is 3.97. The molecule has 0 unspecified atom stereocenters. The summed E-state index contributed by atoms with van der Waals surface area (Å²) in [5.41, 5.74) is 2.45. The number of thiazole rings is 1. The molecule has 25 heavy (non-hydrogen) atoms. The molecule has 0 radical (unpaired) electrons. The average Bonchev–Trinajstić information content (AvgIpc) is 3.02. The Labute approximate surface area is 149 Å². The largest absolute Gasteiger partial charge is 0.497 e. The molecular formula is C19H17NO4S. The summed E-state index contributed by atoms with van der Waals surface area (Å²) in [6.45, 7) is 2.14. The van der Waals surface area contributed by atoms with Gasteiger partial charge in [-0.15, -0.1) is 11.3 Å². The van der Waals surface area contributed by atoms with Gasteiger partial charge in [0.1, 0.15) is 28.0 Å². The lowest BCUT2D eigenvalue weighted by Crippen LogP contribution is -1.95. The minimum atomic E-state index is -0.940. The van der Waals surface area contributed by atoms with Gasteiger partial charge in [-0.2, -0.15) is 0 Å². The zero-order chi connectivity index (χ0) is 17.8. The Morgan fingerprint density at radius 2 is 1.88 bits per heavy atom. The molecule has 0 fully saturated rings. The molecule has 1 aromatic heterocycles. The molecule has 0 saturated heterocycles. The highest BCUT2D eigenvalue weighted by Gasteiger charge is 2.14. The standard InChI is InChI=1S/C19H17NO4S/c1-12-17(19(21)22)25-18(20-12)14-8-6-13(7-9-14)11-24-16-5-3-4-15(10-16)23-2/h3-10H,11H2,1-2H3,(H,21,22). The van der Waals surface area contributed by atoms with E-state index in [-0.39, 0.29) is 4.88 Å². The van der Waals surface area contributed by atoms with E-state index in [1.165, 1.54) is 11.3 Å². The van der Waals surface area contributed by atoms with Crippen molar-refractivity contribution in [1.82, 2.24) is 4.98 Å². The van der Waals surface area contributed by atoms with Crippen LogP contribution in [-0.4, -0.2) is 23.2 Å². The molecule has 0 aliphatic carbocycles. The van der Waals surface area contributed by atoms with E-state index in [0.29, 0.717) is 17.3 Å². The van der Waals surface area contributed by atoms with E-state index < -0.39 is 5.97 Å². The summed E-state index contributed by atoms with van der Waals surface area (Å²) in [5.74, 6) is 0.552. The maximum absolute atomic E-state index is 11.1. The average molecular weight is 355 g/mol. The van der Waals surface area contributed by atoms with Crippen molar-refractivity contribution in [3.63, 3.8) is 0 Å². The summed E-state index contributed by atoms with van der Waals surface area (Å²) in [6.07, 6.45) is 0. The minimum Gasteiger partial charge on any atom is -0.497 e. The molecule has 5 nitrogen and oxygen atoms in total. The Bertz CT molecular complexity index is 887. The maximum atomic E-state index is 11.1. The van der Waals surface area contributed by atoms with Crippen molar-refractivity contribution in [2.75, 3.05) is 7.11 Å². The predicted molar refractivity (Wildman–Crippen MR) is 96.6 cm³/mol. The number of methoxy groups -OCH3 is 1. The molecule has 0 aliphatic rings. The number of carboxylic acid groups (broad SMARTS) is 1. The summed E-state index contributed by atoms with van der Waals surface area (Å²) in [7, 11) is 1.62. The summed E-state index contributed by atoms with van der Waals surface area (Å²) in [6, 6.07) is 15.2. The number of aromatic nitrogens is 1. The van der Waals surface area contributed by atoms with Gasteiger partial charge < -0.3 is 14.6 Å². The molecule has 0 atom stereocenters. The number of benzene rings is 2. The van der Waals surface area contributed by atoms with Crippen LogP contribution in [0.25, 0.3) is 10.6 Å². The van der Waals surface area contributed by atoms with Crippen LogP contribution in [0.2, 0.25) is 0 Å². The Balaban J connectivity index is 1.69. The molecule has 0 amide bonds. The van der Waals surface area contributed by atoms with Crippen LogP contribution in [0.4, 0.5) is 0 Å². The van der Waals surface area contributed by atoms with E-state index in [1.807, 2.05) is 48.5 Å². The highest BCUT2D eigenvalue weighted by molar-refractivity contribution is 7.17. The summed E-state index contributed by atoms with van der Waals surface area (Å²) in [4.78, 5) is 15.7. The van der Waals surface area contributed by atoms with Crippen LogP contribution < -0.4 is 9.47 Å². The van der Waals surface area contributed by atoms with Gasteiger partial charge in [-0.05, 0) is 24.6 Å². The van der Waals surface area contributed by atoms with Gasteiger partial charge in [0.2, 0.25) is 0 Å². The maximum Gasteiger partial charge on any atom is 0.347 e. The zero-order valence-corrected chi connectivity index (χ0v) is 14.7. The van der Waals surface area contributed by atoms with Gasteiger partial charge in [-0.3, -0.25) is 0 Å². The first-order valence-corrected chi connectivity index (χ1v) is 8.45. The monoisotopic (exact) mass is 355 g/mol. The predicted octanol–water partition coefficient (Wildman–Crippen LogP) is 4.40. The van der Waals surface area contributed by atoms with Crippen LogP contribution in [0.5, 0.6) is 11.5 Å². The number of nitrogens with zero attached hydrogens (tertiary/aromatic N) is 1. The van der Waals surface area contributed by atoms with Crippen LogP contribution in [0.15, 0.2) is 48.5 Å². The third-order valence-electron chi connectivity index (χ3n) is 3.64. The van der Waals surface area contributed by atoms with Gasteiger partial charge in [-0.1, -0.05) is 30.3 Å². The van der Waals surface area contributed by atoms with Crippen molar-refractivity contribution in [1.29, 1.82) is 0 Å². The molecule has 1 heterocycles. The van der Waals surface area contributed by atoms with E-state index in [2.05, 4.69) is 4.98 Å². The molecule has 0 spiro atoms. The van der Waals surface area contributed by atoms with Crippen molar-refractivity contribution in [3.8, 4) is 22.1 Å². The van der Waals surface area contributed by atoms with E-state index in [0.717, 1.165) is 22.6 Å². The second kappa shape index (κ2) is 7.36. The molecular weight excluding hydrogens is 338 g/mol. The Kier molecular flexibility index (Phi) is 5.00. The Hall–Kier alpha value is -2.86. The van der Waals surface area contributed by atoms with E-state index in [4.69, 9.17) is 14.6 Å². The summed E-state index contributed by atoms with van der Waals surface area (Å²) < 4.78 is 10.9. The number of aryl methyl sites for hydroxylation is 1. The van der Waals surface area contributed by atoms with Gasteiger partial charge in [0.05, 0.1) is 12.8 Å². The van der Waals surface area contributed by atoms with Crippen molar-refractivity contribution >= 4 is 17.3 Å². The lowest BCUT2D eigenvalue weighted by Gasteiger charge is -2.08. The van der Waals surface area contributed by atoms with Crippen LogP contribution >= 0.6 is 11.3 Å². The Morgan fingerprint density at radius 1 is 1.16 bits per heavy atom. The first kappa shape index (κ1) is 17.0. The van der Waals surface area contributed by atoms with Gasteiger partial charge in [0.25, 0.3) is 0 Å². The highest BCUT2D eigenvalue weighted by Crippen LogP contribution is 2.28. The fourth-order valence-electron chi connectivity index (χ4n) is 2.32. The van der Waals surface area contributed by atoms with Crippen LogP contribution in [0.1, 0.15) is 20.9 Å². The quantitative estimate of drug-likeness (QED) is 0.709. The molecule has 1 N–H and O–H groups in total. The number of carbonyl (C=O) groups is 1. The first-order valence-electron chi connectivity index (χ1n) is 7.63. The van der Waals surface area contributed by atoms with Crippen molar-refractivity contribution < 1.29 is 19.4 Å². The molecule has 0 aliphatic heterocycles. The lowest BCUT2D eigenvalue weighted by atomic mass is 10.1. The highest BCUT2D eigenvalue weighted by atomic mass is 32.1. The first-order chi connectivity index (χ1) is 12.1. The van der Waals surface area contributed by atoms with E-state index in [1.54, 1.807) is 14.0 Å². The van der Waals surface area contributed by atoms with E-state index >= 15 is 0 Å². The van der Waals surface area contributed by atoms with Crippen molar-refractivity contribution in [2.24, 2.45) is 0 Å². The molecule has 0 bridgehead atoms. The number of rotatable bonds is 6. The van der Waals surface area contributed by atoms with Gasteiger partial charge in [-0.25, -0.2) is 9.78 Å². The third-order valence-corrected chi connectivity index (χ3v) is 4.83. The number of hydrogen-bond acceptors (Lipinski definition) is 5. The number of ether oxygens (including phenoxy) is 2. The van der Waals surface area contributed by atoms with Crippen LogP contribution in [0.3, 0.4) is 0 Å². The topological polar surface area (TPSA) is 68.7 Å². The Morgan fingerprint density at radius 3 is 2.52 bits per heavy atom. The number of hydrogen-bond donors (Lipinski definition) is 1. The molecule has 3 rings (SSSR count). The van der Waals surface area contributed by atoms with Crippen LogP contribution in [0, 0.1) is 6.92 Å². The van der Waals surface area contributed by atoms with E-state index in [9.17, 15) is 4.79 Å². The van der Waals surface area contributed by atoms with Crippen LogP contribution in [-0.2, 0) is 6.61 Å². The molecule has 3 aromatic rings. The normalized spacial score (nSPS) is 10.5. The second-order valence-corrected chi connectivity index (χ2v) is 6.40. The van der Waals surface area contributed by atoms with Crippen molar-refractivity contribution in [2.45, 2.75) is 13.5 Å². The summed E-state index contributed by atoms with van der Waals surface area (Å²) >= 11 is 1.19. The molecule has 6 heteroatoms. The van der Waals surface area contributed by atoms with Gasteiger partial charge >= 0.3 is 5.97 Å². The molecule has 128 valence electrons. The van der Waals surface area contributed by atoms with Crippen molar-refractivity contribution in [3.05, 3.63) is 64.7 Å². The lowest BCUT2D eigenvalue weighted by molar-refractivity contribution is 0.0701. The minimum absolute atomic E-state index is 0.278. The summed E-state index contributed by atoms with van der Waals surface area (Å²) in [5, 5.41) is 9.83. The van der Waals surface area contributed by atoms with Gasteiger partial charge in [0, 0.05) is 11.6 Å². The number of carboxylic acids is 1. The molecule has 2 aromatic carbocycles. The second-order valence-electron chi connectivity index (χ2n) is 5.40. The fourth-order valence-corrected chi connectivity index (χ4v) is 3.23. The SMILES string of the molecule is COc1cccc(OCc2ccc(-c3nc(C)c(C(=O)O)s3)cc2)c1. The zero-order valence-electron chi connectivity index (χ0n) is 13.9. The smallest absolute Gasteiger partial charge is 0.347 e. The number of aromatic carboxylic acids is 1. The fraction of sp³-hybridized carbons (Fsp3) is 0.158. The molecule has 0 saturated carbocycles. The van der Waals surface area contributed by atoms with Gasteiger partial charge in [0.15, 0.2) is 0 Å².